The normalized spacial score (nSPS) is 24.6. The van der Waals surface area contributed by atoms with Crippen molar-refractivity contribution in [2.75, 3.05) is 7.11 Å². The first-order valence-electron chi connectivity index (χ1n) is 7.09. The third-order valence-electron chi connectivity index (χ3n) is 4.14. The van der Waals surface area contributed by atoms with Crippen molar-refractivity contribution >= 4 is 0 Å². The van der Waals surface area contributed by atoms with Crippen LogP contribution in [0.1, 0.15) is 31.4 Å². The number of aromatic nitrogens is 2. The second-order valence-electron chi connectivity index (χ2n) is 5.52. The molecule has 0 spiro atoms. The molecule has 0 radical (unpaired) electrons. The zero-order valence-corrected chi connectivity index (χ0v) is 11.9. The summed E-state index contributed by atoms with van der Waals surface area (Å²) < 4.78 is 44.3. The summed E-state index contributed by atoms with van der Waals surface area (Å²) in [4.78, 5) is 7.93. The Labute approximate surface area is 121 Å². The highest BCUT2D eigenvalue weighted by Crippen LogP contribution is 2.42. The van der Waals surface area contributed by atoms with Crippen LogP contribution >= 0.6 is 0 Å². The van der Waals surface area contributed by atoms with Gasteiger partial charge in [0.2, 0.25) is 5.88 Å². The fraction of sp³-hybridized carbons (Fsp3) is 0.714. The highest BCUT2D eigenvalue weighted by molar-refractivity contribution is 5.14. The van der Waals surface area contributed by atoms with E-state index in [4.69, 9.17) is 10.5 Å². The van der Waals surface area contributed by atoms with Gasteiger partial charge in [0.05, 0.1) is 13.0 Å². The smallest absolute Gasteiger partial charge is 0.392 e. The first-order chi connectivity index (χ1) is 9.91. The fourth-order valence-corrected chi connectivity index (χ4v) is 3.07. The maximum Gasteiger partial charge on any atom is 0.392 e. The maximum absolute atomic E-state index is 13.1. The molecule has 0 bridgehead atoms. The van der Waals surface area contributed by atoms with Crippen molar-refractivity contribution in [2.45, 2.75) is 44.3 Å². The third kappa shape index (κ3) is 4.06. The number of nitrogens with zero attached hydrogens (tertiary/aromatic N) is 2. The van der Waals surface area contributed by atoms with Crippen molar-refractivity contribution in [1.82, 2.24) is 9.97 Å². The van der Waals surface area contributed by atoms with Crippen molar-refractivity contribution in [2.24, 2.45) is 17.6 Å². The molecule has 0 saturated heterocycles. The largest absolute Gasteiger partial charge is 0.481 e. The van der Waals surface area contributed by atoms with Gasteiger partial charge in [-0.1, -0.05) is 12.8 Å². The number of nitrogens with two attached hydrogens (primary N) is 1. The molecule has 1 saturated carbocycles. The van der Waals surface area contributed by atoms with Crippen LogP contribution in [0.5, 0.6) is 5.88 Å². The van der Waals surface area contributed by atoms with Gasteiger partial charge in [-0.25, -0.2) is 9.97 Å². The molecule has 21 heavy (non-hydrogen) atoms. The number of alkyl halides is 3. The Morgan fingerprint density at radius 3 is 2.71 bits per heavy atom. The van der Waals surface area contributed by atoms with Gasteiger partial charge in [0.15, 0.2) is 0 Å². The lowest BCUT2D eigenvalue weighted by Gasteiger charge is -2.36. The van der Waals surface area contributed by atoms with Crippen molar-refractivity contribution in [3.63, 3.8) is 0 Å². The number of hydrogen-bond donors (Lipinski definition) is 1. The average molecular weight is 303 g/mol. The summed E-state index contributed by atoms with van der Waals surface area (Å²) in [6, 6.07) is 1.06. The van der Waals surface area contributed by atoms with E-state index in [2.05, 4.69) is 9.97 Å². The van der Waals surface area contributed by atoms with Crippen LogP contribution in [-0.2, 0) is 6.42 Å². The van der Waals surface area contributed by atoms with E-state index in [-0.39, 0.29) is 6.42 Å². The van der Waals surface area contributed by atoms with Gasteiger partial charge in [0.1, 0.15) is 6.33 Å². The fourth-order valence-electron chi connectivity index (χ4n) is 3.07. The van der Waals surface area contributed by atoms with E-state index in [1.165, 1.54) is 13.4 Å². The van der Waals surface area contributed by atoms with Gasteiger partial charge < -0.3 is 10.5 Å². The van der Waals surface area contributed by atoms with E-state index < -0.39 is 24.1 Å². The Morgan fingerprint density at radius 2 is 2.05 bits per heavy atom. The second kappa shape index (κ2) is 6.60. The van der Waals surface area contributed by atoms with E-state index in [9.17, 15) is 13.2 Å². The molecule has 1 aliphatic rings. The summed E-state index contributed by atoms with van der Waals surface area (Å²) >= 11 is 0. The number of ether oxygens (including phenoxy) is 1. The minimum Gasteiger partial charge on any atom is -0.481 e. The Balaban J connectivity index is 2.08. The summed E-state index contributed by atoms with van der Waals surface area (Å²) in [5.41, 5.74) is 6.67. The zero-order chi connectivity index (χ0) is 15.5. The lowest BCUT2D eigenvalue weighted by atomic mass is 9.74. The second-order valence-corrected chi connectivity index (χ2v) is 5.52. The summed E-state index contributed by atoms with van der Waals surface area (Å²) in [7, 11) is 1.48. The van der Waals surface area contributed by atoms with E-state index in [0.717, 1.165) is 6.42 Å². The van der Waals surface area contributed by atoms with E-state index in [1.807, 2.05) is 0 Å². The van der Waals surface area contributed by atoms with Gasteiger partial charge in [0, 0.05) is 24.2 Å². The summed E-state index contributed by atoms with van der Waals surface area (Å²) in [5, 5.41) is 0. The Morgan fingerprint density at radius 1 is 1.33 bits per heavy atom. The molecule has 2 rings (SSSR count). The van der Waals surface area contributed by atoms with Crippen molar-refractivity contribution < 1.29 is 17.9 Å². The van der Waals surface area contributed by atoms with Crippen molar-refractivity contribution in [3.8, 4) is 5.88 Å². The number of methoxy groups -OCH3 is 1. The molecule has 2 N–H and O–H groups in total. The van der Waals surface area contributed by atoms with Crippen LogP contribution in [0.25, 0.3) is 0 Å². The average Bonchev–Trinajstić information content (AvgIpc) is 2.46. The molecule has 0 aliphatic heterocycles. The highest BCUT2D eigenvalue weighted by atomic mass is 19.4. The van der Waals surface area contributed by atoms with E-state index in [0.29, 0.717) is 30.8 Å². The molecule has 4 nitrogen and oxygen atoms in total. The number of rotatable bonds is 4. The number of halogens is 3. The monoisotopic (exact) mass is 303 g/mol. The molecule has 1 heterocycles. The molecule has 118 valence electrons. The molecule has 7 heteroatoms. The minimum absolute atomic E-state index is 0.176. The van der Waals surface area contributed by atoms with Crippen LogP contribution in [0, 0.1) is 11.8 Å². The van der Waals surface area contributed by atoms with Gasteiger partial charge in [-0.15, -0.1) is 0 Å². The number of hydrogen-bond acceptors (Lipinski definition) is 4. The summed E-state index contributed by atoms with van der Waals surface area (Å²) in [5.74, 6) is -1.45. The molecule has 3 unspecified atom stereocenters. The highest BCUT2D eigenvalue weighted by Gasteiger charge is 2.47. The predicted octanol–water partition coefficient (Wildman–Crippen LogP) is 2.72. The van der Waals surface area contributed by atoms with Crippen LogP contribution in [0.3, 0.4) is 0 Å². The quantitative estimate of drug-likeness (QED) is 0.929. The van der Waals surface area contributed by atoms with Gasteiger partial charge in [-0.05, 0) is 18.8 Å². The molecule has 0 aromatic carbocycles. The SMILES string of the molecule is COc1cc(CC(N)C2CCCCC2C(F)(F)F)ncn1. The van der Waals surface area contributed by atoms with Crippen LogP contribution in [0.2, 0.25) is 0 Å². The molecule has 1 aromatic heterocycles. The lowest BCUT2D eigenvalue weighted by Crippen LogP contribution is -2.44. The molecule has 0 amide bonds. The van der Waals surface area contributed by atoms with Crippen molar-refractivity contribution in [3.05, 3.63) is 18.1 Å². The molecular weight excluding hydrogens is 283 g/mol. The van der Waals surface area contributed by atoms with Gasteiger partial charge >= 0.3 is 6.18 Å². The van der Waals surface area contributed by atoms with Crippen LogP contribution in [0.15, 0.2) is 12.4 Å². The Hall–Kier alpha value is -1.37. The molecular formula is C14H20F3N3O. The Kier molecular flexibility index (Phi) is 5.03. The van der Waals surface area contributed by atoms with Gasteiger partial charge in [-0.3, -0.25) is 0 Å². The first kappa shape index (κ1) is 16.0. The standard InChI is InChI=1S/C14H20F3N3O/c1-21-13-7-9(19-8-20-13)6-12(18)10-4-2-3-5-11(10)14(15,16)17/h7-8,10-12H,2-6,18H2,1H3. The van der Waals surface area contributed by atoms with Crippen LogP contribution in [-0.4, -0.2) is 29.3 Å². The van der Waals surface area contributed by atoms with Crippen LogP contribution in [0.4, 0.5) is 13.2 Å². The summed E-state index contributed by atoms with van der Waals surface area (Å²) in [6.07, 6.45) is -0.416. The summed E-state index contributed by atoms with van der Waals surface area (Å²) in [6.45, 7) is 0. The Bertz CT molecular complexity index is 467. The minimum atomic E-state index is -4.17. The molecule has 1 aliphatic carbocycles. The molecule has 1 aromatic rings. The first-order valence-corrected chi connectivity index (χ1v) is 7.09. The van der Waals surface area contributed by atoms with E-state index >= 15 is 0 Å². The van der Waals surface area contributed by atoms with Gasteiger partial charge in [-0.2, -0.15) is 13.2 Å². The predicted molar refractivity (Wildman–Crippen MR) is 71.8 cm³/mol. The van der Waals surface area contributed by atoms with Crippen LogP contribution < -0.4 is 10.5 Å². The van der Waals surface area contributed by atoms with E-state index in [1.54, 1.807) is 6.07 Å². The topological polar surface area (TPSA) is 61.0 Å². The lowest BCUT2D eigenvalue weighted by molar-refractivity contribution is -0.198. The molecule has 3 atom stereocenters. The third-order valence-corrected chi connectivity index (χ3v) is 4.14. The zero-order valence-electron chi connectivity index (χ0n) is 11.9. The van der Waals surface area contributed by atoms with Gasteiger partial charge in [0.25, 0.3) is 0 Å². The molecule has 1 fully saturated rings. The van der Waals surface area contributed by atoms with Crippen molar-refractivity contribution in [1.29, 1.82) is 0 Å². The maximum atomic E-state index is 13.1.